The Kier molecular flexibility index (Phi) is 4.98. The highest BCUT2D eigenvalue weighted by atomic mass is 35.5. The van der Waals surface area contributed by atoms with Gasteiger partial charge in [-0.2, -0.15) is 0 Å². The number of halogens is 2. The molecule has 1 N–H and O–H groups in total. The Labute approximate surface area is 132 Å². The van der Waals surface area contributed by atoms with E-state index in [0.29, 0.717) is 29.2 Å². The summed E-state index contributed by atoms with van der Waals surface area (Å²) in [6.07, 6.45) is 0.525. The Morgan fingerprint density at radius 1 is 1.32 bits per heavy atom. The van der Waals surface area contributed by atoms with Crippen LogP contribution >= 0.6 is 11.6 Å². The Morgan fingerprint density at radius 2 is 2.05 bits per heavy atom. The third-order valence-corrected chi connectivity index (χ3v) is 3.46. The molecular weight excluding hydrogens is 309 g/mol. The largest absolute Gasteiger partial charge is 0.466 e. The summed E-state index contributed by atoms with van der Waals surface area (Å²) in [7, 11) is 0. The van der Waals surface area contributed by atoms with Gasteiger partial charge in [0.05, 0.1) is 16.3 Å². The van der Waals surface area contributed by atoms with Crippen molar-refractivity contribution in [2.24, 2.45) is 0 Å². The number of hydrogen-bond acceptors (Lipinski definition) is 3. The van der Waals surface area contributed by atoms with Crippen molar-refractivity contribution in [1.29, 1.82) is 0 Å². The lowest BCUT2D eigenvalue weighted by atomic mass is 10.1. The Morgan fingerprint density at radius 3 is 2.64 bits per heavy atom. The molecule has 0 aliphatic rings. The molecule has 1 amide bonds. The molecule has 0 aliphatic carbocycles. The van der Waals surface area contributed by atoms with E-state index in [1.165, 1.54) is 19.1 Å². The number of ketones is 1. The van der Waals surface area contributed by atoms with Crippen molar-refractivity contribution in [2.75, 3.05) is 5.32 Å². The molecule has 0 aliphatic heterocycles. The van der Waals surface area contributed by atoms with E-state index in [1.807, 2.05) is 0 Å². The molecule has 0 fully saturated rings. The molecule has 6 heteroatoms. The molecule has 2 aromatic rings. The number of carbonyl (C=O) groups excluding carboxylic acids is 2. The maximum absolute atomic E-state index is 12.9. The average molecular weight is 324 g/mol. The van der Waals surface area contributed by atoms with E-state index in [1.54, 1.807) is 13.0 Å². The van der Waals surface area contributed by atoms with Gasteiger partial charge in [-0.3, -0.25) is 9.59 Å². The minimum Gasteiger partial charge on any atom is -0.466 e. The smallest absolute Gasteiger partial charge is 0.224 e. The van der Waals surface area contributed by atoms with E-state index in [4.69, 9.17) is 16.0 Å². The first-order valence-electron chi connectivity index (χ1n) is 6.72. The highest BCUT2D eigenvalue weighted by Gasteiger charge is 2.13. The second-order valence-electron chi connectivity index (χ2n) is 4.91. The van der Waals surface area contributed by atoms with Crippen LogP contribution < -0.4 is 5.32 Å². The number of aryl methyl sites for hydroxylation is 2. The van der Waals surface area contributed by atoms with Crippen LogP contribution in [-0.2, 0) is 11.2 Å². The summed E-state index contributed by atoms with van der Waals surface area (Å²) in [6, 6.07) is 5.40. The average Bonchev–Trinajstić information content (AvgIpc) is 2.81. The summed E-state index contributed by atoms with van der Waals surface area (Å²) in [5.41, 5.74) is 0.880. The van der Waals surface area contributed by atoms with E-state index in [0.717, 1.165) is 6.07 Å². The van der Waals surface area contributed by atoms with Gasteiger partial charge in [-0.05, 0) is 38.1 Å². The van der Waals surface area contributed by atoms with Gasteiger partial charge in [0, 0.05) is 12.8 Å². The minimum absolute atomic E-state index is 0.0740. The van der Waals surface area contributed by atoms with Crippen molar-refractivity contribution in [3.05, 3.63) is 52.2 Å². The summed E-state index contributed by atoms with van der Waals surface area (Å²) < 4.78 is 18.4. The number of rotatable bonds is 5. The molecule has 4 nitrogen and oxygen atoms in total. The van der Waals surface area contributed by atoms with Crippen LogP contribution in [0.1, 0.15) is 35.2 Å². The fraction of sp³-hybridized carbons (Fsp3) is 0.250. The predicted molar refractivity (Wildman–Crippen MR) is 81.8 cm³/mol. The Hall–Kier alpha value is -2.14. The van der Waals surface area contributed by atoms with Crippen molar-refractivity contribution in [1.82, 2.24) is 0 Å². The molecule has 116 valence electrons. The van der Waals surface area contributed by atoms with E-state index in [9.17, 15) is 14.0 Å². The van der Waals surface area contributed by atoms with E-state index in [-0.39, 0.29) is 23.1 Å². The van der Waals surface area contributed by atoms with Crippen molar-refractivity contribution >= 4 is 29.0 Å². The monoisotopic (exact) mass is 323 g/mol. The molecule has 0 bridgehead atoms. The molecule has 0 spiro atoms. The zero-order valence-electron chi connectivity index (χ0n) is 12.2. The topological polar surface area (TPSA) is 59.3 Å². The van der Waals surface area contributed by atoms with Gasteiger partial charge in [-0.25, -0.2) is 4.39 Å². The normalized spacial score (nSPS) is 10.5. The maximum atomic E-state index is 12.9. The summed E-state index contributed by atoms with van der Waals surface area (Å²) in [5.74, 6) is 0.306. The Balaban J connectivity index is 1.95. The third kappa shape index (κ3) is 3.95. The van der Waals surface area contributed by atoms with Crippen molar-refractivity contribution in [2.45, 2.75) is 26.7 Å². The molecule has 0 saturated heterocycles. The summed E-state index contributed by atoms with van der Waals surface area (Å²) >= 11 is 5.84. The number of furan rings is 1. The molecule has 0 radical (unpaired) electrons. The highest BCUT2D eigenvalue weighted by molar-refractivity contribution is 6.33. The van der Waals surface area contributed by atoms with Crippen LogP contribution in [0, 0.1) is 12.7 Å². The van der Waals surface area contributed by atoms with Crippen LogP contribution in [-0.4, -0.2) is 11.7 Å². The lowest BCUT2D eigenvalue weighted by Crippen LogP contribution is -2.12. The van der Waals surface area contributed by atoms with Gasteiger partial charge in [0.25, 0.3) is 0 Å². The van der Waals surface area contributed by atoms with E-state index in [2.05, 4.69) is 5.32 Å². The predicted octanol–water partition coefficient (Wildman–Crippen LogP) is 4.15. The van der Waals surface area contributed by atoms with Gasteiger partial charge in [-0.15, -0.1) is 0 Å². The first-order chi connectivity index (χ1) is 10.4. The minimum atomic E-state index is -0.467. The second kappa shape index (κ2) is 6.75. The van der Waals surface area contributed by atoms with E-state index < -0.39 is 5.82 Å². The molecule has 0 atom stereocenters. The van der Waals surface area contributed by atoms with Gasteiger partial charge in [-0.1, -0.05) is 11.6 Å². The molecular formula is C16H15ClFNO3. The molecule has 1 heterocycles. The Bertz CT molecular complexity index is 724. The quantitative estimate of drug-likeness (QED) is 0.841. The fourth-order valence-corrected chi connectivity index (χ4v) is 2.27. The number of benzene rings is 1. The van der Waals surface area contributed by atoms with E-state index >= 15 is 0 Å². The number of Topliss-reactive ketones (excluding diaryl/α,β-unsaturated/α-hetero) is 1. The molecule has 1 aromatic carbocycles. The first-order valence-corrected chi connectivity index (χ1v) is 7.09. The number of carbonyl (C=O) groups is 2. The fourth-order valence-electron chi connectivity index (χ4n) is 2.06. The van der Waals surface area contributed by atoms with Gasteiger partial charge in [0.1, 0.15) is 17.3 Å². The van der Waals surface area contributed by atoms with Gasteiger partial charge < -0.3 is 9.73 Å². The van der Waals surface area contributed by atoms with Gasteiger partial charge >= 0.3 is 0 Å². The van der Waals surface area contributed by atoms with Crippen LogP contribution in [0.25, 0.3) is 0 Å². The maximum Gasteiger partial charge on any atom is 0.224 e. The lowest BCUT2D eigenvalue weighted by Gasteiger charge is -2.06. The van der Waals surface area contributed by atoms with Crippen LogP contribution in [0.2, 0.25) is 5.02 Å². The van der Waals surface area contributed by atoms with Crippen molar-refractivity contribution < 1.29 is 18.4 Å². The molecule has 1 aromatic heterocycles. The molecule has 2 rings (SSSR count). The van der Waals surface area contributed by atoms with Crippen LogP contribution in [0.5, 0.6) is 0 Å². The standard InChI is InChI=1S/C16H15ClFNO3/c1-9(20)13-8-12(22-10(13)2)4-6-16(21)19-15-5-3-11(18)7-14(15)17/h3,5,7-8H,4,6H2,1-2H3,(H,19,21). The number of hydrogen-bond donors (Lipinski definition) is 1. The second-order valence-corrected chi connectivity index (χ2v) is 5.32. The summed E-state index contributed by atoms with van der Waals surface area (Å²) in [6.45, 7) is 3.17. The van der Waals surface area contributed by atoms with Gasteiger partial charge in [0.2, 0.25) is 5.91 Å². The SMILES string of the molecule is CC(=O)c1cc(CCC(=O)Nc2ccc(F)cc2Cl)oc1C. The summed E-state index contributed by atoms with van der Waals surface area (Å²) in [4.78, 5) is 23.2. The number of amides is 1. The van der Waals surface area contributed by atoms with Gasteiger partial charge in [0.15, 0.2) is 5.78 Å². The zero-order valence-corrected chi connectivity index (χ0v) is 13.0. The molecule has 0 saturated carbocycles. The summed E-state index contributed by atoms with van der Waals surface area (Å²) in [5, 5.41) is 2.75. The lowest BCUT2D eigenvalue weighted by molar-refractivity contribution is -0.116. The van der Waals surface area contributed by atoms with Crippen molar-refractivity contribution in [3.8, 4) is 0 Å². The first kappa shape index (κ1) is 16.2. The van der Waals surface area contributed by atoms with Crippen LogP contribution in [0.3, 0.4) is 0 Å². The molecule has 22 heavy (non-hydrogen) atoms. The number of anilines is 1. The zero-order chi connectivity index (χ0) is 16.3. The highest BCUT2D eigenvalue weighted by Crippen LogP contribution is 2.23. The van der Waals surface area contributed by atoms with Crippen LogP contribution in [0.15, 0.2) is 28.7 Å². The third-order valence-electron chi connectivity index (χ3n) is 3.15. The number of nitrogens with one attached hydrogen (secondary N) is 1. The van der Waals surface area contributed by atoms with Crippen LogP contribution in [0.4, 0.5) is 10.1 Å². The molecule has 0 unspecified atom stereocenters. The van der Waals surface area contributed by atoms with Crippen molar-refractivity contribution in [3.63, 3.8) is 0 Å².